The SMILES string of the molecule is N#CC1=CN2C=C3C(CCS3=O)N=C2C=C1. The van der Waals surface area contributed by atoms with Gasteiger partial charge in [-0.25, -0.2) is 0 Å². The highest BCUT2D eigenvalue weighted by Crippen LogP contribution is 2.29. The maximum atomic E-state index is 11.7. The second-order valence-corrected chi connectivity index (χ2v) is 5.38. The number of allylic oxidation sites excluding steroid dienone is 2. The van der Waals surface area contributed by atoms with E-state index < -0.39 is 10.8 Å². The summed E-state index contributed by atoms with van der Waals surface area (Å²) in [5.41, 5.74) is 0.582. The molecule has 0 aromatic rings. The first-order valence-electron chi connectivity index (χ1n) is 5.04. The van der Waals surface area contributed by atoms with Gasteiger partial charge in [0.2, 0.25) is 0 Å². The van der Waals surface area contributed by atoms with Crippen LogP contribution in [0.4, 0.5) is 0 Å². The maximum Gasteiger partial charge on any atom is 0.132 e. The highest BCUT2D eigenvalue weighted by Gasteiger charge is 2.32. The molecule has 0 N–H and O–H groups in total. The quantitative estimate of drug-likeness (QED) is 0.626. The van der Waals surface area contributed by atoms with Crippen molar-refractivity contribution in [2.75, 3.05) is 5.75 Å². The topological polar surface area (TPSA) is 56.5 Å². The number of rotatable bonds is 0. The first kappa shape index (κ1) is 9.55. The lowest BCUT2D eigenvalue weighted by molar-refractivity contribution is 0.670. The Morgan fingerprint density at radius 1 is 1.50 bits per heavy atom. The van der Waals surface area contributed by atoms with Crippen LogP contribution in [0.2, 0.25) is 0 Å². The molecule has 5 heteroatoms. The highest BCUT2D eigenvalue weighted by atomic mass is 32.2. The molecule has 0 radical (unpaired) electrons. The summed E-state index contributed by atoms with van der Waals surface area (Å²) in [5.74, 6) is 1.52. The summed E-state index contributed by atoms with van der Waals surface area (Å²) in [6.07, 6.45) is 8.01. The summed E-state index contributed by atoms with van der Waals surface area (Å²) in [5, 5.41) is 8.80. The van der Waals surface area contributed by atoms with E-state index in [2.05, 4.69) is 11.1 Å². The molecule has 80 valence electrons. The average molecular weight is 231 g/mol. The molecule has 3 heterocycles. The molecule has 0 amide bonds. The Kier molecular flexibility index (Phi) is 2.04. The van der Waals surface area contributed by atoms with E-state index in [0.717, 1.165) is 17.2 Å². The van der Waals surface area contributed by atoms with Crippen LogP contribution in [0.25, 0.3) is 0 Å². The second kappa shape index (κ2) is 3.42. The Hall–Kier alpha value is -1.67. The van der Waals surface area contributed by atoms with Crippen molar-refractivity contribution < 1.29 is 4.21 Å². The van der Waals surface area contributed by atoms with E-state index in [1.54, 1.807) is 17.2 Å². The Balaban J connectivity index is 2.02. The molecular formula is C11H9N3OS. The first-order valence-corrected chi connectivity index (χ1v) is 6.36. The minimum atomic E-state index is -0.892. The smallest absolute Gasteiger partial charge is 0.132 e. The van der Waals surface area contributed by atoms with Crippen molar-refractivity contribution >= 4 is 16.6 Å². The molecule has 2 atom stereocenters. The lowest BCUT2D eigenvalue weighted by Crippen LogP contribution is -2.28. The number of hydrogen-bond acceptors (Lipinski definition) is 4. The van der Waals surface area contributed by atoms with Crippen LogP contribution in [0, 0.1) is 11.3 Å². The summed E-state index contributed by atoms with van der Waals surface area (Å²) in [6.45, 7) is 0. The van der Waals surface area contributed by atoms with Crippen molar-refractivity contribution in [3.8, 4) is 6.07 Å². The van der Waals surface area contributed by atoms with Crippen LogP contribution in [0.5, 0.6) is 0 Å². The van der Waals surface area contributed by atoms with E-state index in [1.165, 1.54) is 0 Å². The fourth-order valence-corrected chi connectivity index (χ4v) is 3.37. The van der Waals surface area contributed by atoms with Crippen molar-refractivity contribution in [3.05, 3.63) is 35.0 Å². The molecule has 3 aliphatic rings. The Bertz CT molecular complexity index is 536. The number of hydrogen-bond donors (Lipinski definition) is 0. The van der Waals surface area contributed by atoms with Crippen molar-refractivity contribution in [2.24, 2.45) is 4.99 Å². The number of nitrogens with zero attached hydrogens (tertiary/aromatic N) is 3. The van der Waals surface area contributed by atoms with Crippen molar-refractivity contribution in [1.82, 2.24) is 4.90 Å². The van der Waals surface area contributed by atoms with Gasteiger partial charge in [-0.1, -0.05) is 0 Å². The van der Waals surface area contributed by atoms with E-state index in [-0.39, 0.29) is 6.04 Å². The van der Waals surface area contributed by atoms with E-state index in [1.807, 2.05) is 12.3 Å². The third kappa shape index (κ3) is 1.34. The van der Waals surface area contributed by atoms with Gasteiger partial charge in [-0.2, -0.15) is 5.26 Å². The van der Waals surface area contributed by atoms with Gasteiger partial charge in [-0.05, 0) is 18.6 Å². The van der Waals surface area contributed by atoms with Crippen LogP contribution in [0.15, 0.2) is 40.0 Å². The fraction of sp³-hybridized carbons (Fsp3) is 0.273. The summed E-state index contributed by atoms with van der Waals surface area (Å²) < 4.78 is 11.7. The number of aliphatic imine (C=N–C) groups is 1. The molecule has 0 aromatic heterocycles. The van der Waals surface area contributed by atoms with E-state index in [0.29, 0.717) is 11.3 Å². The molecule has 0 saturated carbocycles. The van der Waals surface area contributed by atoms with Gasteiger partial charge >= 0.3 is 0 Å². The Labute approximate surface area is 95.7 Å². The van der Waals surface area contributed by atoms with Crippen LogP contribution in [0.3, 0.4) is 0 Å². The molecule has 3 aliphatic heterocycles. The lowest BCUT2D eigenvalue weighted by Gasteiger charge is -2.25. The van der Waals surface area contributed by atoms with E-state index in [4.69, 9.17) is 5.26 Å². The van der Waals surface area contributed by atoms with Crippen LogP contribution in [-0.4, -0.2) is 26.7 Å². The molecule has 1 fully saturated rings. The highest BCUT2D eigenvalue weighted by molar-refractivity contribution is 7.89. The zero-order valence-electron chi connectivity index (χ0n) is 8.46. The standard InChI is InChI=1S/C11H9N3OS/c12-5-8-1-2-11-13-9-3-4-16(15)10(9)7-14(11)6-8/h1-2,6-7,9H,3-4H2. The summed E-state index contributed by atoms with van der Waals surface area (Å²) in [4.78, 5) is 7.19. The summed E-state index contributed by atoms with van der Waals surface area (Å²) >= 11 is 0. The predicted octanol–water partition coefficient (Wildman–Crippen LogP) is 1.04. The van der Waals surface area contributed by atoms with Gasteiger partial charge in [-0.15, -0.1) is 0 Å². The third-order valence-electron chi connectivity index (χ3n) is 2.81. The lowest BCUT2D eigenvalue weighted by atomic mass is 10.1. The number of nitriles is 1. The first-order chi connectivity index (χ1) is 7.78. The zero-order valence-corrected chi connectivity index (χ0v) is 9.28. The molecular weight excluding hydrogens is 222 g/mol. The second-order valence-electron chi connectivity index (χ2n) is 3.81. The van der Waals surface area contributed by atoms with Gasteiger partial charge in [0.25, 0.3) is 0 Å². The van der Waals surface area contributed by atoms with Crippen LogP contribution in [0.1, 0.15) is 6.42 Å². The maximum absolute atomic E-state index is 11.7. The molecule has 2 unspecified atom stereocenters. The predicted molar refractivity (Wildman–Crippen MR) is 61.6 cm³/mol. The van der Waals surface area contributed by atoms with Gasteiger partial charge in [0.15, 0.2) is 0 Å². The molecule has 16 heavy (non-hydrogen) atoms. The molecule has 0 spiro atoms. The Morgan fingerprint density at radius 2 is 2.38 bits per heavy atom. The van der Waals surface area contributed by atoms with Gasteiger partial charge in [0.05, 0.1) is 27.3 Å². The van der Waals surface area contributed by atoms with E-state index >= 15 is 0 Å². The molecule has 1 saturated heterocycles. The van der Waals surface area contributed by atoms with Crippen molar-refractivity contribution in [3.63, 3.8) is 0 Å². The van der Waals surface area contributed by atoms with Gasteiger partial charge < -0.3 is 4.90 Å². The minimum absolute atomic E-state index is 0.0776. The molecule has 0 aliphatic carbocycles. The zero-order chi connectivity index (χ0) is 11.1. The average Bonchev–Trinajstić information content (AvgIpc) is 2.67. The van der Waals surface area contributed by atoms with Crippen LogP contribution < -0.4 is 0 Å². The van der Waals surface area contributed by atoms with E-state index in [9.17, 15) is 4.21 Å². The van der Waals surface area contributed by atoms with Crippen molar-refractivity contribution in [1.29, 1.82) is 5.26 Å². The normalized spacial score (nSPS) is 30.9. The minimum Gasteiger partial charge on any atom is -0.307 e. The molecule has 3 rings (SSSR count). The van der Waals surface area contributed by atoms with Crippen LogP contribution in [-0.2, 0) is 10.8 Å². The van der Waals surface area contributed by atoms with Gasteiger partial charge in [-0.3, -0.25) is 9.20 Å². The molecule has 0 bridgehead atoms. The number of fused-ring (bicyclic) bond motifs is 2. The monoisotopic (exact) mass is 231 g/mol. The number of amidine groups is 1. The Morgan fingerprint density at radius 3 is 3.19 bits per heavy atom. The fourth-order valence-electron chi connectivity index (χ4n) is 1.99. The molecule has 4 nitrogen and oxygen atoms in total. The third-order valence-corrected chi connectivity index (χ3v) is 4.32. The van der Waals surface area contributed by atoms with Crippen molar-refractivity contribution in [2.45, 2.75) is 12.5 Å². The van der Waals surface area contributed by atoms with Crippen LogP contribution >= 0.6 is 0 Å². The summed E-state index contributed by atoms with van der Waals surface area (Å²) in [7, 11) is -0.892. The van der Waals surface area contributed by atoms with Gasteiger partial charge in [0, 0.05) is 18.2 Å². The summed E-state index contributed by atoms with van der Waals surface area (Å²) in [6, 6.07) is 2.16. The molecule has 0 aromatic carbocycles. The largest absolute Gasteiger partial charge is 0.307 e. The van der Waals surface area contributed by atoms with Gasteiger partial charge in [0.1, 0.15) is 11.9 Å².